The number of halogens is 6. The molecule has 0 radical (unpaired) electrons. The average molecular weight is 404 g/mol. The minimum atomic E-state index is -6.95. The van der Waals surface area contributed by atoms with Crippen molar-refractivity contribution in [2.75, 3.05) is 13.2 Å². The molecule has 0 rings (SSSR count). The fourth-order valence-corrected chi connectivity index (χ4v) is 2.83. The standard InChI is InChI=1S/C12H18F6O6S/c13-11(14,15)10(12(16,17)18,25(21,22)23)9(20)24-8-6-4-2-1-3-5-7-19/h19H,1-8H2,(H,21,22,23). The molecule has 150 valence electrons. The topological polar surface area (TPSA) is 101 Å². The Hall–Kier alpha value is -1.08. The van der Waals surface area contributed by atoms with Gasteiger partial charge in [-0.1, -0.05) is 25.7 Å². The Morgan fingerprint density at radius 2 is 1.24 bits per heavy atom. The zero-order chi connectivity index (χ0) is 19.9. The quantitative estimate of drug-likeness (QED) is 0.251. The smallest absolute Gasteiger partial charge is 0.430 e. The Morgan fingerprint density at radius 3 is 1.60 bits per heavy atom. The number of hydrogen-bond donors (Lipinski definition) is 2. The van der Waals surface area contributed by atoms with Gasteiger partial charge < -0.3 is 9.84 Å². The Morgan fingerprint density at radius 1 is 0.840 bits per heavy atom. The molecule has 2 N–H and O–H groups in total. The number of carbonyl (C=O) groups is 1. The van der Waals surface area contributed by atoms with Gasteiger partial charge in [0.05, 0.1) is 6.61 Å². The average Bonchev–Trinajstić information content (AvgIpc) is 2.37. The predicted octanol–water partition coefficient (Wildman–Crippen LogP) is 2.61. The van der Waals surface area contributed by atoms with E-state index in [1.807, 2.05) is 0 Å². The zero-order valence-electron chi connectivity index (χ0n) is 12.9. The lowest BCUT2D eigenvalue weighted by atomic mass is 10.1. The van der Waals surface area contributed by atoms with Crippen LogP contribution in [0.2, 0.25) is 0 Å². The summed E-state index contributed by atoms with van der Waals surface area (Å²) in [5.41, 5.74) is 0. The van der Waals surface area contributed by atoms with Crippen molar-refractivity contribution in [1.29, 1.82) is 0 Å². The van der Waals surface area contributed by atoms with Crippen LogP contribution in [-0.4, -0.2) is 54.4 Å². The Labute approximate surface area is 139 Å². The number of hydrogen-bond acceptors (Lipinski definition) is 5. The van der Waals surface area contributed by atoms with Gasteiger partial charge in [0.2, 0.25) is 0 Å². The molecule has 0 spiro atoms. The highest BCUT2D eigenvalue weighted by atomic mass is 32.2. The molecule has 0 fully saturated rings. The molecule has 0 saturated carbocycles. The third-order valence-corrected chi connectivity index (χ3v) is 4.66. The molecule has 0 amide bonds. The van der Waals surface area contributed by atoms with E-state index in [-0.39, 0.29) is 13.0 Å². The molecule has 0 aromatic rings. The third kappa shape index (κ3) is 5.71. The van der Waals surface area contributed by atoms with Gasteiger partial charge in [-0.2, -0.15) is 34.8 Å². The Bertz CT molecular complexity index is 513. The molecule has 0 aromatic carbocycles. The van der Waals surface area contributed by atoms with E-state index in [0.29, 0.717) is 32.1 Å². The van der Waals surface area contributed by atoms with Crippen LogP contribution in [0, 0.1) is 0 Å². The number of esters is 1. The summed E-state index contributed by atoms with van der Waals surface area (Å²) in [6, 6.07) is 0. The van der Waals surface area contributed by atoms with E-state index in [2.05, 4.69) is 4.74 Å². The second-order valence-corrected chi connectivity index (χ2v) is 6.70. The summed E-state index contributed by atoms with van der Waals surface area (Å²) in [7, 11) is -6.95. The molecule has 6 nitrogen and oxygen atoms in total. The molecule has 0 aromatic heterocycles. The van der Waals surface area contributed by atoms with Gasteiger partial charge in [0.15, 0.2) is 0 Å². The number of carbonyl (C=O) groups excluding carboxylic acids is 1. The number of aliphatic hydroxyl groups is 1. The third-order valence-electron chi connectivity index (χ3n) is 3.26. The first-order chi connectivity index (χ1) is 11.2. The van der Waals surface area contributed by atoms with E-state index < -0.39 is 39.8 Å². The highest BCUT2D eigenvalue weighted by Crippen LogP contribution is 2.49. The van der Waals surface area contributed by atoms with Crippen LogP contribution in [0.15, 0.2) is 0 Å². The van der Waals surface area contributed by atoms with Crippen molar-refractivity contribution in [1.82, 2.24) is 0 Å². The first-order valence-electron chi connectivity index (χ1n) is 7.12. The molecule has 0 aliphatic heterocycles. The number of unbranched alkanes of at least 4 members (excludes halogenated alkanes) is 5. The van der Waals surface area contributed by atoms with E-state index in [9.17, 15) is 39.6 Å². The first kappa shape index (κ1) is 23.9. The lowest BCUT2D eigenvalue weighted by Crippen LogP contribution is -2.67. The van der Waals surface area contributed by atoms with E-state index in [1.165, 1.54) is 0 Å². The first-order valence-corrected chi connectivity index (χ1v) is 8.56. The summed E-state index contributed by atoms with van der Waals surface area (Å²) in [5.74, 6) is -3.14. The van der Waals surface area contributed by atoms with Gasteiger partial charge in [-0.3, -0.25) is 4.55 Å². The molecule has 0 saturated heterocycles. The second kappa shape index (κ2) is 9.03. The lowest BCUT2D eigenvalue weighted by molar-refractivity contribution is -0.268. The highest BCUT2D eigenvalue weighted by molar-refractivity contribution is 7.88. The number of alkyl halides is 6. The number of ether oxygens (including phenoxy) is 1. The molecule has 13 heteroatoms. The summed E-state index contributed by atoms with van der Waals surface area (Å²) in [4.78, 5) is 11.4. The van der Waals surface area contributed by atoms with Crippen LogP contribution in [0.5, 0.6) is 0 Å². The van der Waals surface area contributed by atoms with Crippen LogP contribution in [-0.2, 0) is 19.6 Å². The zero-order valence-corrected chi connectivity index (χ0v) is 13.7. The van der Waals surface area contributed by atoms with Gasteiger partial charge in [-0.05, 0) is 12.8 Å². The summed E-state index contributed by atoms with van der Waals surface area (Å²) >= 11 is 0. The van der Waals surface area contributed by atoms with Crippen molar-refractivity contribution in [2.24, 2.45) is 0 Å². The van der Waals surface area contributed by atoms with Crippen LogP contribution in [0.3, 0.4) is 0 Å². The van der Waals surface area contributed by atoms with Crippen LogP contribution < -0.4 is 0 Å². The molecule has 0 aliphatic rings. The minimum absolute atomic E-state index is 0.00971. The van der Waals surface area contributed by atoms with E-state index in [4.69, 9.17) is 9.66 Å². The van der Waals surface area contributed by atoms with Gasteiger partial charge in [0.1, 0.15) is 0 Å². The maximum atomic E-state index is 12.8. The maximum absolute atomic E-state index is 12.8. The maximum Gasteiger partial charge on any atom is 0.430 e. The Kier molecular flexibility index (Phi) is 8.64. The molecule has 0 unspecified atom stereocenters. The highest BCUT2D eigenvalue weighted by Gasteiger charge is 2.84. The molecule has 25 heavy (non-hydrogen) atoms. The summed E-state index contributed by atoms with van der Waals surface area (Å²) < 4.78 is 105. The fraction of sp³-hybridized carbons (Fsp3) is 0.917. The summed E-state index contributed by atoms with van der Waals surface area (Å²) in [5, 5.41) is 8.53. The van der Waals surface area contributed by atoms with E-state index in [0.717, 1.165) is 0 Å². The van der Waals surface area contributed by atoms with Crippen LogP contribution >= 0.6 is 0 Å². The van der Waals surface area contributed by atoms with Crippen molar-refractivity contribution in [3.8, 4) is 0 Å². The summed E-state index contributed by atoms with van der Waals surface area (Å²) in [6.07, 6.45) is -10.7. The molecular formula is C12H18F6O6S. The number of aliphatic hydroxyl groups excluding tert-OH is 1. The molecule has 0 heterocycles. The van der Waals surface area contributed by atoms with Gasteiger partial charge >= 0.3 is 33.2 Å². The molecule has 0 atom stereocenters. The lowest BCUT2D eigenvalue weighted by Gasteiger charge is -2.31. The van der Waals surface area contributed by atoms with Crippen molar-refractivity contribution in [2.45, 2.75) is 55.6 Å². The summed E-state index contributed by atoms with van der Waals surface area (Å²) in [6.45, 7) is -0.882. The Balaban J connectivity index is 5.01. The normalized spacial score (nSPS) is 13.8. The van der Waals surface area contributed by atoms with E-state index >= 15 is 0 Å². The van der Waals surface area contributed by atoms with Gasteiger partial charge in [0, 0.05) is 6.61 Å². The monoisotopic (exact) mass is 404 g/mol. The largest absolute Gasteiger partial charge is 0.464 e. The van der Waals surface area contributed by atoms with E-state index in [1.54, 1.807) is 0 Å². The van der Waals surface area contributed by atoms with Crippen LogP contribution in [0.25, 0.3) is 0 Å². The molecular weight excluding hydrogens is 386 g/mol. The second-order valence-electron chi connectivity index (χ2n) is 5.13. The van der Waals surface area contributed by atoms with Gasteiger partial charge in [-0.15, -0.1) is 0 Å². The van der Waals surface area contributed by atoms with Crippen LogP contribution in [0.1, 0.15) is 38.5 Å². The number of rotatable bonds is 10. The van der Waals surface area contributed by atoms with Gasteiger partial charge in [-0.25, -0.2) is 4.79 Å². The van der Waals surface area contributed by atoms with Crippen molar-refractivity contribution in [3.63, 3.8) is 0 Å². The minimum Gasteiger partial charge on any atom is -0.464 e. The van der Waals surface area contributed by atoms with Crippen molar-refractivity contribution < 1.29 is 54.0 Å². The molecule has 0 aliphatic carbocycles. The SMILES string of the molecule is O=C(OCCCCCCCCO)C(C(F)(F)F)(C(F)(F)F)S(=O)(=O)O. The van der Waals surface area contributed by atoms with Crippen molar-refractivity contribution in [3.05, 3.63) is 0 Å². The fourth-order valence-electron chi connectivity index (χ4n) is 1.98. The van der Waals surface area contributed by atoms with Gasteiger partial charge in [0.25, 0.3) is 0 Å². The molecule has 0 bridgehead atoms. The predicted molar refractivity (Wildman–Crippen MR) is 72.1 cm³/mol. The van der Waals surface area contributed by atoms with Crippen molar-refractivity contribution >= 4 is 16.1 Å². The van der Waals surface area contributed by atoms with Crippen LogP contribution in [0.4, 0.5) is 26.3 Å².